The number of ether oxygens (including phenoxy) is 1. The van der Waals surface area contributed by atoms with Crippen LogP contribution in [0.3, 0.4) is 0 Å². The summed E-state index contributed by atoms with van der Waals surface area (Å²) in [6.45, 7) is 6.41. The lowest BCUT2D eigenvalue weighted by Crippen LogP contribution is -2.60. The molecule has 2 atom stereocenters. The number of aryl methyl sites for hydroxylation is 1. The Kier molecular flexibility index (Phi) is 2.47. The Bertz CT molecular complexity index is 359. The number of nitrogens with two attached hydrogens (primary N) is 1. The first kappa shape index (κ1) is 10.5. The molecule has 2 nitrogen and oxygen atoms in total. The normalized spacial score (nSPS) is 28.3. The molecule has 2 unspecified atom stereocenters. The summed E-state index contributed by atoms with van der Waals surface area (Å²) in [6.07, 6.45) is 1.22. The minimum absolute atomic E-state index is 0.101. The second-order valence-electron chi connectivity index (χ2n) is 5.09. The van der Waals surface area contributed by atoms with E-state index in [0.717, 1.165) is 12.2 Å². The Hall–Kier alpha value is -1.02. The van der Waals surface area contributed by atoms with Gasteiger partial charge in [0.2, 0.25) is 0 Å². The summed E-state index contributed by atoms with van der Waals surface area (Å²) in [7, 11) is 0. The first-order chi connectivity index (χ1) is 7.00. The minimum atomic E-state index is 0.101. The monoisotopic (exact) mass is 205 g/mol. The van der Waals surface area contributed by atoms with Crippen molar-refractivity contribution in [1.82, 2.24) is 0 Å². The van der Waals surface area contributed by atoms with E-state index >= 15 is 0 Å². The molecule has 0 amide bonds. The first-order valence-corrected chi connectivity index (χ1v) is 5.49. The van der Waals surface area contributed by atoms with Gasteiger partial charge in [-0.25, -0.2) is 0 Å². The quantitative estimate of drug-likeness (QED) is 0.805. The van der Waals surface area contributed by atoms with Crippen molar-refractivity contribution < 1.29 is 4.74 Å². The molecule has 0 bridgehead atoms. The minimum Gasteiger partial charge on any atom is -0.490 e. The molecule has 0 aromatic heterocycles. The molecule has 1 aromatic rings. The van der Waals surface area contributed by atoms with Gasteiger partial charge in [0.05, 0.1) is 0 Å². The number of hydrogen-bond acceptors (Lipinski definition) is 2. The summed E-state index contributed by atoms with van der Waals surface area (Å²) in [5.41, 5.74) is 7.28. The van der Waals surface area contributed by atoms with Gasteiger partial charge in [0.1, 0.15) is 11.9 Å². The molecule has 1 aromatic carbocycles. The van der Waals surface area contributed by atoms with Crippen molar-refractivity contribution in [2.24, 2.45) is 11.1 Å². The van der Waals surface area contributed by atoms with Crippen molar-refractivity contribution in [2.45, 2.75) is 39.3 Å². The van der Waals surface area contributed by atoms with E-state index in [1.54, 1.807) is 0 Å². The van der Waals surface area contributed by atoms with Gasteiger partial charge in [-0.15, -0.1) is 0 Å². The molecule has 15 heavy (non-hydrogen) atoms. The van der Waals surface area contributed by atoms with E-state index < -0.39 is 0 Å². The zero-order valence-corrected chi connectivity index (χ0v) is 9.66. The van der Waals surface area contributed by atoms with Crippen LogP contribution in [0.2, 0.25) is 0 Å². The lowest BCUT2D eigenvalue weighted by molar-refractivity contribution is -0.0400. The third-order valence-corrected chi connectivity index (χ3v) is 3.52. The molecule has 0 heterocycles. The van der Waals surface area contributed by atoms with Gasteiger partial charge in [0.15, 0.2) is 0 Å². The standard InChI is InChI=1S/C13H19NO/c1-9-5-4-6-10(7-9)15-12-8-11(14)13(12,2)3/h4-7,11-12H,8,14H2,1-3H3. The van der Waals surface area contributed by atoms with Crippen molar-refractivity contribution in [1.29, 1.82) is 0 Å². The second kappa shape index (κ2) is 3.53. The highest BCUT2D eigenvalue weighted by atomic mass is 16.5. The molecule has 82 valence electrons. The summed E-state index contributed by atoms with van der Waals surface area (Å²) in [4.78, 5) is 0. The lowest BCUT2D eigenvalue weighted by Gasteiger charge is -2.49. The first-order valence-electron chi connectivity index (χ1n) is 5.49. The van der Waals surface area contributed by atoms with Gasteiger partial charge >= 0.3 is 0 Å². The van der Waals surface area contributed by atoms with Gasteiger partial charge < -0.3 is 10.5 Å². The molecule has 0 radical (unpaired) electrons. The molecule has 2 rings (SSSR count). The Labute approximate surface area is 91.4 Å². The van der Waals surface area contributed by atoms with Gasteiger partial charge in [0.25, 0.3) is 0 Å². The van der Waals surface area contributed by atoms with Crippen LogP contribution in [0.4, 0.5) is 0 Å². The molecule has 0 spiro atoms. The van der Waals surface area contributed by atoms with E-state index in [-0.39, 0.29) is 17.6 Å². The van der Waals surface area contributed by atoms with Gasteiger partial charge in [-0.3, -0.25) is 0 Å². The molecule has 0 aliphatic heterocycles. The highest BCUT2D eigenvalue weighted by Gasteiger charge is 2.47. The van der Waals surface area contributed by atoms with Gasteiger partial charge in [-0.1, -0.05) is 26.0 Å². The fourth-order valence-electron chi connectivity index (χ4n) is 1.97. The molecule has 1 aliphatic carbocycles. The molecule has 2 heteroatoms. The van der Waals surface area contributed by atoms with E-state index in [4.69, 9.17) is 10.5 Å². The van der Waals surface area contributed by atoms with Crippen LogP contribution in [-0.4, -0.2) is 12.1 Å². The molecule has 0 saturated heterocycles. The summed E-state index contributed by atoms with van der Waals surface area (Å²) in [5.74, 6) is 0.958. The largest absolute Gasteiger partial charge is 0.490 e. The lowest BCUT2D eigenvalue weighted by atomic mass is 9.65. The number of hydrogen-bond donors (Lipinski definition) is 1. The smallest absolute Gasteiger partial charge is 0.120 e. The third kappa shape index (κ3) is 1.86. The zero-order valence-electron chi connectivity index (χ0n) is 9.66. The predicted octanol–water partition coefficient (Wildman–Crippen LogP) is 2.50. The van der Waals surface area contributed by atoms with Gasteiger partial charge in [-0.05, 0) is 24.6 Å². The highest BCUT2D eigenvalue weighted by molar-refractivity contribution is 5.28. The average Bonchev–Trinajstić information content (AvgIpc) is 2.17. The summed E-state index contributed by atoms with van der Waals surface area (Å²) in [5, 5.41) is 0. The van der Waals surface area contributed by atoms with Gasteiger partial charge in [-0.2, -0.15) is 0 Å². The fraction of sp³-hybridized carbons (Fsp3) is 0.538. The third-order valence-electron chi connectivity index (χ3n) is 3.52. The Morgan fingerprint density at radius 3 is 2.67 bits per heavy atom. The van der Waals surface area contributed by atoms with Crippen molar-refractivity contribution in [3.05, 3.63) is 29.8 Å². The Morgan fingerprint density at radius 1 is 1.40 bits per heavy atom. The summed E-state index contributed by atoms with van der Waals surface area (Å²) in [6, 6.07) is 8.44. The summed E-state index contributed by atoms with van der Waals surface area (Å²) >= 11 is 0. The maximum atomic E-state index is 5.95. The van der Waals surface area contributed by atoms with Crippen molar-refractivity contribution >= 4 is 0 Å². The van der Waals surface area contributed by atoms with Crippen LogP contribution in [0.1, 0.15) is 25.8 Å². The van der Waals surface area contributed by atoms with Crippen molar-refractivity contribution in [3.63, 3.8) is 0 Å². The van der Waals surface area contributed by atoms with Crippen LogP contribution in [-0.2, 0) is 0 Å². The number of rotatable bonds is 2. The molecular weight excluding hydrogens is 186 g/mol. The number of benzene rings is 1. The molecular formula is C13H19NO. The molecule has 2 N–H and O–H groups in total. The molecule has 1 aliphatic rings. The van der Waals surface area contributed by atoms with E-state index in [1.165, 1.54) is 5.56 Å². The van der Waals surface area contributed by atoms with E-state index in [9.17, 15) is 0 Å². The highest BCUT2D eigenvalue weighted by Crippen LogP contribution is 2.41. The fourth-order valence-corrected chi connectivity index (χ4v) is 1.97. The molecule has 1 fully saturated rings. The second-order valence-corrected chi connectivity index (χ2v) is 5.09. The van der Waals surface area contributed by atoms with Crippen molar-refractivity contribution in [2.75, 3.05) is 0 Å². The van der Waals surface area contributed by atoms with Crippen LogP contribution >= 0.6 is 0 Å². The van der Waals surface area contributed by atoms with Crippen molar-refractivity contribution in [3.8, 4) is 5.75 Å². The van der Waals surface area contributed by atoms with E-state index in [0.29, 0.717) is 0 Å². The maximum absolute atomic E-state index is 5.95. The summed E-state index contributed by atoms with van der Waals surface area (Å²) < 4.78 is 5.94. The van der Waals surface area contributed by atoms with Crippen LogP contribution < -0.4 is 10.5 Å². The topological polar surface area (TPSA) is 35.2 Å². The van der Waals surface area contributed by atoms with E-state index in [2.05, 4.69) is 32.9 Å². The zero-order chi connectivity index (χ0) is 11.1. The van der Waals surface area contributed by atoms with Crippen LogP contribution in [0.5, 0.6) is 5.75 Å². The predicted molar refractivity (Wildman–Crippen MR) is 62.0 cm³/mol. The Balaban J connectivity index is 2.05. The SMILES string of the molecule is Cc1cccc(OC2CC(N)C2(C)C)c1. The van der Waals surface area contributed by atoms with Crippen LogP contribution in [0.25, 0.3) is 0 Å². The average molecular weight is 205 g/mol. The van der Waals surface area contributed by atoms with Crippen LogP contribution in [0.15, 0.2) is 24.3 Å². The molecule has 1 saturated carbocycles. The van der Waals surface area contributed by atoms with Gasteiger partial charge in [0, 0.05) is 17.9 Å². The van der Waals surface area contributed by atoms with Crippen LogP contribution in [0, 0.1) is 12.3 Å². The Morgan fingerprint density at radius 2 is 2.13 bits per heavy atom. The maximum Gasteiger partial charge on any atom is 0.120 e. The van der Waals surface area contributed by atoms with E-state index in [1.807, 2.05) is 12.1 Å².